The van der Waals surface area contributed by atoms with E-state index < -0.39 is 11.9 Å². The van der Waals surface area contributed by atoms with Crippen molar-refractivity contribution in [2.45, 2.75) is 25.6 Å². The number of rotatable bonds is 7. The smallest absolute Gasteiger partial charge is 0.235 e. The van der Waals surface area contributed by atoms with E-state index in [1.54, 1.807) is 6.07 Å². The summed E-state index contributed by atoms with van der Waals surface area (Å²) in [7, 11) is 0. The monoisotopic (exact) mass is 486 g/mol. The number of aromatic amines is 1. The zero-order chi connectivity index (χ0) is 23.9. The number of H-pyrrole nitrogens is 1. The molecule has 0 saturated carbocycles. The Morgan fingerprint density at radius 2 is 2.03 bits per heavy atom. The summed E-state index contributed by atoms with van der Waals surface area (Å²) in [6.07, 6.45) is 1.97. The van der Waals surface area contributed by atoms with Crippen LogP contribution in [-0.4, -0.2) is 42.9 Å². The first kappa shape index (κ1) is 21.5. The number of aromatic nitrogens is 3. The van der Waals surface area contributed by atoms with E-state index in [-0.39, 0.29) is 18.1 Å². The van der Waals surface area contributed by atoms with Gasteiger partial charge in [-0.2, -0.15) is 8.75 Å². The third kappa shape index (κ3) is 3.96. The van der Waals surface area contributed by atoms with Crippen LogP contribution in [0.2, 0.25) is 0 Å². The number of furan rings is 1. The predicted octanol–water partition coefficient (Wildman–Crippen LogP) is 3.47. The maximum atomic E-state index is 13.3. The second kappa shape index (κ2) is 8.64. The van der Waals surface area contributed by atoms with Gasteiger partial charge in [0.1, 0.15) is 11.0 Å². The molecule has 176 valence electrons. The molecule has 4 N–H and O–H groups in total. The van der Waals surface area contributed by atoms with Gasteiger partial charge in [-0.05, 0) is 42.3 Å². The zero-order valence-corrected chi connectivity index (χ0v) is 19.5. The second-order valence-corrected chi connectivity index (χ2v) is 9.20. The van der Waals surface area contributed by atoms with Crippen LogP contribution in [-0.2, 0) is 24.3 Å². The van der Waals surface area contributed by atoms with Crippen LogP contribution in [0.5, 0.6) is 0 Å². The molecule has 35 heavy (non-hydrogen) atoms. The molecule has 1 amide bonds. The van der Waals surface area contributed by atoms with E-state index in [4.69, 9.17) is 10.2 Å². The fourth-order valence-electron chi connectivity index (χ4n) is 4.77. The Bertz CT molecular complexity index is 1570. The molecule has 0 unspecified atom stereocenters. The lowest BCUT2D eigenvalue weighted by atomic mass is 9.95. The number of carbonyl (C=O) groups is 2. The van der Waals surface area contributed by atoms with E-state index in [2.05, 4.69) is 19.0 Å². The van der Waals surface area contributed by atoms with Crippen molar-refractivity contribution in [1.82, 2.24) is 18.6 Å². The van der Waals surface area contributed by atoms with E-state index in [0.717, 1.165) is 44.4 Å². The Hall–Kier alpha value is -4.02. The van der Waals surface area contributed by atoms with Crippen LogP contribution in [0.3, 0.4) is 0 Å². The number of nitrogens with zero attached hydrogens (tertiary/aromatic N) is 3. The first-order chi connectivity index (χ1) is 17.1. The number of hydrogen-bond acceptors (Lipinski definition) is 8. The number of anilines is 1. The third-order valence-electron chi connectivity index (χ3n) is 6.51. The molecule has 2 aromatic carbocycles. The molecule has 1 aliphatic rings. The maximum Gasteiger partial charge on any atom is 0.235 e. The molecular weight excluding hydrogens is 464 g/mol. The Morgan fingerprint density at radius 1 is 1.17 bits per heavy atom. The highest BCUT2D eigenvalue weighted by molar-refractivity contribution is 7.00. The normalized spacial score (nSPS) is 15.9. The van der Waals surface area contributed by atoms with Gasteiger partial charge in [-0.25, -0.2) is 0 Å². The molecule has 3 aromatic heterocycles. The van der Waals surface area contributed by atoms with Crippen LogP contribution >= 0.6 is 11.7 Å². The highest BCUT2D eigenvalue weighted by Gasteiger charge is 2.34. The molecule has 0 bridgehead atoms. The second-order valence-electron chi connectivity index (χ2n) is 8.67. The van der Waals surface area contributed by atoms with Gasteiger partial charge in [-0.3, -0.25) is 14.5 Å². The summed E-state index contributed by atoms with van der Waals surface area (Å²) in [6, 6.07) is 14.9. The van der Waals surface area contributed by atoms with Crippen LogP contribution in [0, 0.1) is 0 Å². The van der Waals surface area contributed by atoms with Crippen LogP contribution in [0.15, 0.2) is 59.2 Å². The number of hydrogen-bond donors (Lipinski definition) is 3. The summed E-state index contributed by atoms with van der Waals surface area (Å²) in [6.45, 7) is 0.866. The SMILES string of the molecule is NC(=O)[C@H]1Cc2c([nH]c3ccccc23)CN1CC(=O)c1occc1CNc1ccc2nsnc2c1. The number of fused-ring (bicyclic) bond motifs is 4. The fraction of sp³-hybridized carbons (Fsp3) is 0.200. The van der Waals surface area contributed by atoms with Crippen molar-refractivity contribution in [2.75, 3.05) is 11.9 Å². The minimum Gasteiger partial charge on any atom is -0.461 e. The number of amides is 1. The van der Waals surface area contributed by atoms with Crippen LogP contribution in [0.1, 0.15) is 27.4 Å². The van der Waals surface area contributed by atoms with E-state index >= 15 is 0 Å². The van der Waals surface area contributed by atoms with Gasteiger partial charge >= 0.3 is 0 Å². The van der Waals surface area contributed by atoms with Gasteiger partial charge in [0, 0.05) is 40.9 Å². The van der Waals surface area contributed by atoms with Crippen molar-refractivity contribution in [3.05, 3.63) is 77.4 Å². The van der Waals surface area contributed by atoms with Crippen molar-refractivity contribution in [2.24, 2.45) is 5.73 Å². The molecule has 0 spiro atoms. The van der Waals surface area contributed by atoms with Crippen molar-refractivity contribution in [3.8, 4) is 0 Å². The first-order valence-corrected chi connectivity index (χ1v) is 12.0. The van der Waals surface area contributed by atoms with Crippen molar-refractivity contribution < 1.29 is 14.0 Å². The Labute approximate surface area is 204 Å². The van der Waals surface area contributed by atoms with Gasteiger partial charge in [0.2, 0.25) is 11.7 Å². The lowest BCUT2D eigenvalue weighted by Crippen LogP contribution is -2.50. The van der Waals surface area contributed by atoms with Gasteiger partial charge in [0.05, 0.1) is 30.6 Å². The number of primary amides is 1. The molecule has 0 aliphatic carbocycles. The highest BCUT2D eigenvalue weighted by Crippen LogP contribution is 2.30. The molecule has 0 fully saturated rings. The van der Waals surface area contributed by atoms with Crippen molar-refractivity contribution >= 4 is 51.0 Å². The predicted molar refractivity (Wildman–Crippen MR) is 133 cm³/mol. The number of para-hydroxylation sites is 1. The van der Waals surface area contributed by atoms with E-state index in [0.29, 0.717) is 19.5 Å². The quantitative estimate of drug-likeness (QED) is 0.300. The first-order valence-electron chi connectivity index (χ1n) is 11.2. The van der Waals surface area contributed by atoms with E-state index in [1.807, 2.05) is 47.4 Å². The highest BCUT2D eigenvalue weighted by atomic mass is 32.1. The standard InChI is InChI=1S/C25H22N6O3S/c26-25(33)22-10-17-16-3-1-2-4-18(16)28-21(17)12-31(22)13-23(32)24-14(7-8-34-24)11-27-15-5-6-19-20(9-15)30-35-29-19/h1-9,22,27-28H,10-13H2,(H2,26,33)/t22-/m1/s1. The zero-order valence-electron chi connectivity index (χ0n) is 18.7. The molecule has 0 saturated heterocycles. The van der Waals surface area contributed by atoms with Gasteiger partial charge in [0.25, 0.3) is 0 Å². The molecule has 0 radical (unpaired) electrons. The fourth-order valence-corrected chi connectivity index (χ4v) is 5.29. The van der Waals surface area contributed by atoms with Crippen LogP contribution in [0.25, 0.3) is 21.9 Å². The number of nitrogens with two attached hydrogens (primary N) is 1. The number of benzene rings is 2. The molecule has 5 aromatic rings. The number of Topliss-reactive ketones (excluding diaryl/α,β-unsaturated/α-hetero) is 1. The topological polar surface area (TPSA) is 130 Å². The molecule has 1 aliphatic heterocycles. The summed E-state index contributed by atoms with van der Waals surface area (Å²) < 4.78 is 14.0. The van der Waals surface area contributed by atoms with Crippen molar-refractivity contribution in [1.29, 1.82) is 0 Å². The molecular formula is C25H22N6O3S. The largest absolute Gasteiger partial charge is 0.461 e. The Balaban J connectivity index is 1.19. The molecule has 10 heteroatoms. The minimum absolute atomic E-state index is 0.0272. The summed E-state index contributed by atoms with van der Waals surface area (Å²) in [5.74, 6) is -0.363. The summed E-state index contributed by atoms with van der Waals surface area (Å²) in [5.41, 5.74) is 12.1. The van der Waals surface area contributed by atoms with Gasteiger partial charge in [0.15, 0.2) is 5.76 Å². The number of carbonyl (C=O) groups excluding carboxylic acids is 2. The summed E-state index contributed by atoms with van der Waals surface area (Å²) >= 11 is 1.17. The number of ketones is 1. The average molecular weight is 487 g/mol. The molecule has 6 rings (SSSR count). The van der Waals surface area contributed by atoms with E-state index in [9.17, 15) is 9.59 Å². The van der Waals surface area contributed by atoms with Gasteiger partial charge in [-0.15, -0.1) is 0 Å². The Kier molecular flexibility index (Phi) is 5.31. The lowest BCUT2D eigenvalue weighted by Gasteiger charge is -2.33. The molecule has 9 nitrogen and oxygen atoms in total. The van der Waals surface area contributed by atoms with Crippen LogP contribution < -0.4 is 11.1 Å². The Morgan fingerprint density at radius 3 is 2.91 bits per heavy atom. The maximum absolute atomic E-state index is 13.3. The molecule has 1 atom stereocenters. The summed E-state index contributed by atoms with van der Waals surface area (Å²) in [5, 5.41) is 4.40. The van der Waals surface area contributed by atoms with Crippen molar-refractivity contribution in [3.63, 3.8) is 0 Å². The minimum atomic E-state index is -0.569. The lowest BCUT2D eigenvalue weighted by molar-refractivity contribution is -0.123. The van der Waals surface area contributed by atoms with Gasteiger partial charge < -0.3 is 20.5 Å². The average Bonchev–Trinajstić information content (AvgIpc) is 3.59. The number of nitrogens with one attached hydrogen (secondary N) is 2. The van der Waals surface area contributed by atoms with E-state index in [1.165, 1.54) is 18.0 Å². The van der Waals surface area contributed by atoms with Gasteiger partial charge in [-0.1, -0.05) is 18.2 Å². The van der Waals surface area contributed by atoms with Crippen LogP contribution in [0.4, 0.5) is 5.69 Å². The molecule has 4 heterocycles. The third-order valence-corrected chi connectivity index (χ3v) is 7.07. The summed E-state index contributed by atoms with van der Waals surface area (Å²) in [4.78, 5) is 30.8.